The molecule has 0 aliphatic rings. The van der Waals surface area contributed by atoms with Crippen LogP contribution in [0.5, 0.6) is 0 Å². The molecule has 0 radical (unpaired) electrons. The number of aromatic nitrogens is 2. The summed E-state index contributed by atoms with van der Waals surface area (Å²) in [4.78, 5) is 7.31. The number of nitriles is 1. The highest BCUT2D eigenvalue weighted by atomic mass is 19.4. The number of halogens is 3. The van der Waals surface area contributed by atoms with Crippen LogP contribution in [-0.2, 0) is 6.18 Å². The fourth-order valence-corrected chi connectivity index (χ4v) is 1.37. The van der Waals surface area contributed by atoms with Gasteiger partial charge in [0.15, 0.2) is 0 Å². The number of hydrogen-bond acceptors (Lipinski definition) is 3. The molecule has 0 fully saturated rings. The van der Waals surface area contributed by atoms with Crippen LogP contribution >= 0.6 is 0 Å². The van der Waals surface area contributed by atoms with E-state index >= 15 is 0 Å². The lowest BCUT2D eigenvalue weighted by Gasteiger charge is -2.06. The predicted octanol–water partition coefficient (Wildman–Crippen LogP) is 3.03. The molecule has 2 rings (SSSR count). The minimum Gasteiger partial charge on any atom is -0.256 e. The topological polar surface area (TPSA) is 49.6 Å². The summed E-state index contributed by atoms with van der Waals surface area (Å²) >= 11 is 0. The second-order valence-electron chi connectivity index (χ2n) is 3.47. The maximum atomic E-state index is 12.3. The average molecular weight is 249 g/mol. The Bertz CT molecular complexity index is 597. The van der Waals surface area contributed by atoms with Gasteiger partial charge >= 0.3 is 6.18 Å². The van der Waals surface area contributed by atoms with Crippen LogP contribution in [0.25, 0.3) is 11.3 Å². The van der Waals surface area contributed by atoms with Gasteiger partial charge in [-0.3, -0.25) is 9.97 Å². The maximum Gasteiger partial charge on any atom is 0.433 e. The molecule has 0 bridgehead atoms. The van der Waals surface area contributed by atoms with E-state index < -0.39 is 11.9 Å². The van der Waals surface area contributed by atoms with Crippen LogP contribution in [0.1, 0.15) is 11.3 Å². The van der Waals surface area contributed by atoms with Gasteiger partial charge in [-0.2, -0.15) is 18.4 Å². The fraction of sp³-hybridized carbons (Fsp3) is 0.0833. The fourth-order valence-electron chi connectivity index (χ4n) is 1.37. The average Bonchev–Trinajstić information content (AvgIpc) is 2.38. The molecule has 2 heterocycles. The van der Waals surface area contributed by atoms with Crippen molar-refractivity contribution in [3.63, 3.8) is 0 Å². The normalized spacial score (nSPS) is 11.0. The maximum absolute atomic E-state index is 12.3. The number of rotatable bonds is 1. The van der Waals surface area contributed by atoms with Gasteiger partial charge in [0.05, 0.1) is 17.3 Å². The smallest absolute Gasteiger partial charge is 0.256 e. The Kier molecular flexibility index (Phi) is 2.98. The molecule has 3 nitrogen and oxygen atoms in total. The molecule has 0 unspecified atom stereocenters. The van der Waals surface area contributed by atoms with E-state index in [0.29, 0.717) is 16.8 Å². The number of nitrogens with zero attached hydrogens (tertiary/aromatic N) is 3. The molecule has 0 aliphatic carbocycles. The molecule has 0 atom stereocenters. The molecule has 2 aromatic rings. The third kappa shape index (κ3) is 2.46. The lowest BCUT2D eigenvalue weighted by molar-refractivity contribution is -0.141. The van der Waals surface area contributed by atoms with Gasteiger partial charge in [0, 0.05) is 18.0 Å². The summed E-state index contributed by atoms with van der Waals surface area (Å²) in [7, 11) is 0. The van der Waals surface area contributed by atoms with Crippen LogP contribution < -0.4 is 0 Å². The van der Waals surface area contributed by atoms with Crippen molar-refractivity contribution in [3.05, 3.63) is 47.9 Å². The van der Waals surface area contributed by atoms with Gasteiger partial charge in [-0.05, 0) is 24.3 Å². The van der Waals surface area contributed by atoms with Crippen LogP contribution in [0.4, 0.5) is 13.2 Å². The second kappa shape index (κ2) is 4.45. The van der Waals surface area contributed by atoms with Gasteiger partial charge < -0.3 is 0 Å². The summed E-state index contributed by atoms with van der Waals surface area (Å²) in [5.41, 5.74) is 0.276. The Morgan fingerprint density at radius 1 is 1.11 bits per heavy atom. The van der Waals surface area contributed by atoms with Crippen molar-refractivity contribution >= 4 is 0 Å². The molecule has 0 aromatic carbocycles. The minimum atomic E-state index is -4.46. The zero-order valence-electron chi connectivity index (χ0n) is 8.94. The number of alkyl halides is 3. The molecule has 0 N–H and O–H groups in total. The first-order valence-corrected chi connectivity index (χ1v) is 4.90. The summed E-state index contributed by atoms with van der Waals surface area (Å²) in [6.07, 6.45) is -1.95. The largest absolute Gasteiger partial charge is 0.433 e. The quantitative estimate of drug-likeness (QED) is 0.780. The van der Waals surface area contributed by atoms with E-state index in [-0.39, 0.29) is 0 Å². The number of hydrogen-bond donors (Lipinski definition) is 0. The summed E-state index contributed by atoms with van der Waals surface area (Å²) < 4.78 is 37.0. The Hall–Kier alpha value is -2.42. The minimum absolute atomic E-state index is 0.389. The first kappa shape index (κ1) is 12.0. The molecule has 0 saturated heterocycles. The number of pyridine rings is 2. The molecular weight excluding hydrogens is 243 g/mol. The summed E-state index contributed by atoms with van der Waals surface area (Å²) in [5.74, 6) is 0. The van der Waals surface area contributed by atoms with Crippen LogP contribution in [0.3, 0.4) is 0 Å². The van der Waals surface area contributed by atoms with E-state index in [9.17, 15) is 13.2 Å². The predicted molar refractivity (Wildman–Crippen MR) is 57.2 cm³/mol. The third-order valence-electron chi connectivity index (χ3n) is 2.24. The molecule has 90 valence electrons. The van der Waals surface area contributed by atoms with E-state index in [4.69, 9.17) is 5.26 Å². The standard InChI is InChI=1S/C12H6F3N3/c13-12(14,15)11-2-1-9(7-18-11)10-5-8(6-16)3-4-17-10/h1-5,7H. The molecule has 0 saturated carbocycles. The van der Waals surface area contributed by atoms with Crippen LogP contribution in [-0.4, -0.2) is 9.97 Å². The molecule has 6 heteroatoms. The van der Waals surface area contributed by atoms with Crippen LogP contribution in [0.2, 0.25) is 0 Å². The van der Waals surface area contributed by atoms with Gasteiger partial charge in [-0.1, -0.05) is 0 Å². The SMILES string of the molecule is N#Cc1ccnc(-c2ccc(C(F)(F)F)nc2)c1. The van der Waals surface area contributed by atoms with Crippen molar-refractivity contribution in [2.24, 2.45) is 0 Å². The zero-order valence-corrected chi connectivity index (χ0v) is 8.94. The van der Waals surface area contributed by atoms with E-state index in [1.54, 1.807) is 0 Å². The Labute approximate surface area is 101 Å². The van der Waals surface area contributed by atoms with Crippen molar-refractivity contribution in [3.8, 4) is 17.3 Å². The van der Waals surface area contributed by atoms with E-state index in [0.717, 1.165) is 12.3 Å². The molecule has 2 aromatic heterocycles. The van der Waals surface area contributed by atoms with E-state index in [1.807, 2.05) is 6.07 Å². The van der Waals surface area contributed by atoms with Crippen molar-refractivity contribution in [2.45, 2.75) is 6.18 Å². The monoisotopic (exact) mass is 249 g/mol. The highest BCUT2D eigenvalue weighted by Gasteiger charge is 2.32. The summed E-state index contributed by atoms with van der Waals surface area (Å²) in [6, 6.07) is 7.10. The van der Waals surface area contributed by atoms with Gasteiger partial charge in [0.2, 0.25) is 0 Å². The van der Waals surface area contributed by atoms with Crippen LogP contribution in [0.15, 0.2) is 36.7 Å². The van der Waals surface area contributed by atoms with Gasteiger partial charge in [-0.15, -0.1) is 0 Å². The third-order valence-corrected chi connectivity index (χ3v) is 2.24. The van der Waals surface area contributed by atoms with Crippen molar-refractivity contribution in [2.75, 3.05) is 0 Å². The Morgan fingerprint density at radius 3 is 2.44 bits per heavy atom. The Balaban J connectivity index is 2.38. The van der Waals surface area contributed by atoms with Gasteiger partial charge in [-0.25, -0.2) is 0 Å². The van der Waals surface area contributed by atoms with Crippen molar-refractivity contribution in [1.29, 1.82) is 5.26 Å². The van der Waals surface area contributed by atoms with Crippen LogP contribution in [0, 0.1) is 11.3 Å². The highest BCUT2D eigenvalue weighted by Crippen LogP contribution is 2.28. The van der Waals surface area contributed by atoms with E-state index in [1.165, 1.54) is 24.4 Å². The van der Waals surface area contributed by atoms with Gasteiger partial charge in [0.1, 0.15) is 5.69 Å². The molecule has 0 aliphatic heterocycles. The lowest BCUT2D eigenvalue weighted by atomic mass is 10.1. The lowest BCUT2D eigenvalue weighted by Crippen LogP contribution is -2.07. The Morgan fingerprint density at radius 2 is 1.89 bits per heavy atom. The zero-order chi connectivity index (χ0) is 13.2. The first-order chi connectivity index (χ1) is 8.50. The van der Waals surface area contributed by atoms with E-state index in [2.05, 4.69) is 9.97 Å². The van der Waals surface area contributed by atoms with Crippen molar-refractivity contribution in [1.82, 2.24) is 9.97 Å². The van der Waals surface area contributed by atoms with Gasteiger partial charge in [0.25, 0.3) is 0 Å². The molecular formula is C12H6F3N3. The molecule has 0 spiro atoms. The second-order valence-corrected chi connectivity index (χ2v) is 3.47. The molecule has 18 heavy (non-hydrogen) atoms. The first-order valence-electron chi connectivity index (χ1n) is 4.90. The molecule has 0 amide bonds. The summed E-state index contributed by atoms with van der Waals surface area (Å²) in [5, 5.41) is 8.72. The van der Waals surface area contributed by atoms with Crippen molar-refractivity contribution < 1.29 is 13.2 Å². The summed E-state index contributed by atoms with van der Waals surface area (Å²) in [6.45, 7) is 0. The highest BCUT2D eigenvalue weighted by molar-refractivity contribution is 5.59.